The molecule has 2 aliphatic rings. The summed E-state index contributed by atoms with van der Waals surface area (Å²) in [6.45, 7) is 6.51. The van der Waals surface area contributed by atoms with Gasteiger partial charge in [-0.25, -0.2) is 0 Å². The zero-order valence-electron chi connectivity index (χ0n) is 18.5. The van der Waals surface area contributed by atoms with Gasteiger partial charge >= 0.3 is 0 Å². The number of amides is 2. The van der Waals surface area contributed by atoms with E-state index in [1.807, 2.05) is 48.2 Å². The molecule has 5 nitrogen and oxygen atoms in total. The van der Waals surface area contributed by atoms with Crippen molar-refractivity contribution in [3.8, 4) is 0 Å². The van der Waals surface area contributed by atoms with Crippen LogP contribution in [0.1, 0.15) is 53.6 Å². The van der Waals surface area contributed by atoms with Crippen molar-refractivity contribution in [3.05, 3.63) is 65.2 Å². The number of hydrogen-bond donors (Lipinski definition) is 1. The van der Waals surface area contributed by atoms with Crippen molar-refractivity contribution in [1.29, 1.82) is 0 Å². The van der Waals surface area contributed by atoms with E-state index < -0.39 is 0 Å². The molecule has 2 aromatic rings. The molecule has 2 aromatic carbocycles. The van der Waals surface area contributed by atoms with Crippen LogP contribution in [0.15, 0.2) is 48.5 Å². The largest absolute Gasteiger partial charge is 0.338 e. The predicted octanol–water partition coefficient (Wildman–Crippen LogP) is 4.47. The summed E-state index contributed by atoms with van der Waals surface area (Å²) >= 11 is 0. The van der Waals surface area contributed by atoms with E-state index in [-0.39, 0.29) is 17.7 Å². The van der Waals surface area contributed by atoms with Crippen LogP contribution in [0.3, 0.4) is 0 Å². The zero-order chi connectivity index (χ0) is 21.6. The van der Waals surface area contributed by atoms with Gasteiger partial charge in [0.1, 0.15) is 0 Å². The van der Waals surface area contributed by atoms with Gasteiger partial charge in [-0.1, -0.05) is 36.2 Å². The number of aryl methyl sites for hydroxylation is 1. The van der Waals surface area contributed by atoms with E-state index in [2.05, 4.69) is 22.3 Å². The van der Waals surface area contributed by atoms with E-state index in [0.29, 0.717) is 18.7 Å². The minimum Gasteiger partial charge on any atom is -0.338 e. The van der Waals surface area contributed by atoms with Gasteiger partial charge in [0.25, 0.3) is 5.91 Å². The molecule has 164 valence electrons. The summed E-state index contributed by atoms with van der Waals surface area (Å²) in [5.41, 5.74) is 3.88. The van der Waals surface area contributed by atoms with Crippen LogP contribution in [0.4, 0.5) is 5.69 Å². The fraction of sp³-hybridized carbons (Fsp3) is 0.462. The number of nitrogens with one attached hydrogen (secondary N) is 1. The molecule has 0 saturated carbocycles. The number of carbonyl (C=O) groups excluding carboxylic acids is 2. The molecule has 4 rings (SSSR count). The first-order chi connectivity index (χ1) is 15.1. The van der Waals surface area contributed by atoms with Gasteiger partial charge in [-0.2, -0.15) is 0 Å². The Kier molecular flexibility index (Phi) is 7.03. The quantitative estimate of drug-likeness (QED) is 0.778. The number of anilines is 1. The molecule has 0 spiro atoms. The molecule has 0 unspecified atom stereocenters. The van der Waals surface area contributed by atoms with Crippen LogP contribution < -0.4 is 5.32 Å². The van der Waals surface area contributed by atoms with Crippen LogP contribution >= 0.6 is 0 Å². The van der Waals surface area contributed by atoms with Crippen LogP contribution in [0.2, 0.25) is 0 Å². The van der Waals surface area contributed by atoms with Crippen molar-refractivity contribution < 1.29 is 9.59 Å². The summed E-state index contributed by atoms with van der Waals surface area (Å²) in [4.78, 5) is 30.1. The molecular formula is C26H33N3O2. The summed E-state index contributed by atoms with van der Waals surface area (Å²) in [6.07, 6.45) is 5.59. The number of likely N-dealkylation sites (tertiary alicyclic amines) is 2. The minimum absolute atomic E-state index is 0.00511. The lowest BCUT2D eigenvalue weighted by Gasteiger charge is -2.32. The van der Waals surface area contributed by atoms with Gasteiger partial charge in [-0.3, -0.25) is 14.5 Å². The van der Waals surface area contributed by atoms with E-state index in [9.17, 15) is 9.59 Å². The first kappa shape index (κ1) is 21.6. The standard InChI is InChI=1S/C26H33N3O2/c1-20-7-5-8-22(17-20)26(31)29-16-6-9-23(19-29)25(30)27-24-12-10-21(11-13-24)18-28-14-3-2-4-15-28/h5,7-8,10-13,17,23H,2-4,6,9,14-16,18-19H2,1H3,(H,27,30)/t23-/m0/s1. The molecule has 1 N–H and O–H groups in total. The van der Waals surface area contributed by atoms with Crippen LogP contribution in [-0.2, 0) is 11.3 Å². The number of benzene rings is 2. The average molecular weight is 420 g/mol. The van der Waals surface area contributed by atoms with Crippen molar-refractivity contribution >= 4 is 17.5 Å². The Bertz CT molecular complexity index is 903. The minimum atomic E-state index is -0.171. The summed E-state index contributed by atoms with van der Waals surface area (Å²) in [7, 11) is 0. The van der Waals surface area contributed by atoms with Gasteiger partial charge in [0.05, 0.1) is 5.92 Å². The van der Waals surface area contributed by atoms with Crippen LogP contribution in [0, 0.1) is 12.8 Å². The maximum absolute atomic E-state index is 12.9. The lowest BCUT2D eigenvalue weighted by atomic mass is 9.96. The Hall–Kier alpha value is -2.66. The Morgan fingerprint density at radius 3 is 2.48 bits per heavy atom. The fourth-order valence-corrected chi connectivity index (χ4v) is 4.65. The third-order valence-electron chi connectivity index (χ3n) is 6.42. The van der Waals surface area contributed by atoms with E-state index in [0.717, 1.165) is 30.6 Å². The second kappa shape index (κ2) is 10.1. The summed E-state index contributed by atoms with van der Waals surface area (Å²) < 4.78 is 0. The molecule has 0 bridgehead atoms. The first-order valence-corrected chi connectivity index (χ1v) is 11.6. The van der Waals surface area contributed by atoms with Crippen LogP contribution in [0.5, 0.6) is 0 Å². The molecule has 2 saturated heterocycles. The third kappa shape index (κ3) is 5.73. The fourth-order valence-electron chi connectivity index (χ4n) is 4.65. The molecule has 5 heteroatoms. The number of carbonyl (C=O) groups is 2. The topological polar surface area (TPSA) is 52.7 Å². The van der Waals surface area contributed by atoms with Crippen molar-refractivity contribution in [3.63, 3.8) is 0 Å². The molecule has 2 fully saturated rings. The number of piperidine rings is 2. The molecule has 0 radical (unpaired) electrons. The number of nitrogens with zero attached hydrogens (tertiary/aromatic N) is 2. The molecular weight excluding hydrogens is 386 g/mol. The van der Waals surface area contributed by atoms with Gasteiger partial charge in [0, 0.05) is 30.9 Å². The van der Waals surface area contributed by atoms with E-state index in [4.69, 9.17) is 0 Å². The maximum Gasteiger partial charge on any atom is 0.253 e. The van der Waals surface area contributed by atoms with Crippen molar-refractivity contribution in [2.75, 3.05) is 31.5 Å². The van der Waals surface area contributed by atoms with Crippen LogP contribution in [-0.4, -0.2) is 47.8 Å². The molecule has 2 heterocycles. The van der Waals surface area contributed by atoms with E-state index in [1.54, 1.807) is 0 Å². The van der Waals surface area contributed by atoms with Gasteiger partial charge in [0.15, 0.2) is 0 Å². The van der Waals surface area contributed by atoms with Gasteiger partial charge in [-0.05, 0) is 75.5 Å². The normalized spacial score (nSPS) is 19.8. The van der Waals surface area contributed by atoms with Gasteiger partial charge in [0.2, 0.25) is 5.91 Å². The number of hydrogen-bond acceptors (Lipinski definition) is 3. The molecule has 0 aromatic heterocycles. The van der Waals surface area contributed by atoms with Crippen molar-refractivity contribution in [1.82, 2.24) is 9.80 Å². The highest BCUT2D eigenvalue weighted by atomic mass is 16.2. The second-order valence-electron chi connectivity index (χ2n) is 8.98. The third-order valence-corrected chi connectivity index (χ3v) is 6.42. The summed E-state index contributed by atoms with van der Waals surface area (Å²) in [6, 6.07) is 15.9. The Morgan fingerprint density at radius 1 is 0.968 bits per heavy atom. The Labute approximate surface area is 185 Å². The van der Waals surface area contributed by atoms with Crippen LogP contribution in [0.25, 0.3) is 0 Å². The highest BCUT2D eigenvalue weighted by molar-refractivity contribution is 5.96. The zero-order valence-corrected chi connectivity index (χ0v) is 18.5. The maximum atomic E-state index is 12.9. The predicted molar refractivity (Wildman–Crippen MR) is 124 cm³/mol. The summed E-state index contributed by atoms with van der Waals surface area (Å²) in [5.74, 6) is -0.149. The highest BCUT2D eigenvalue weighted by Gasteiger charge is 2.29. The highest BCUT2D eigenvalue weighted by Crippen LogP contribution is 2.22. The smallest absolute Gasteiger partial charge is 0.253 e. The second-order valence-corrected chi connectivity index (χ2v) is 8.98. The average Bonchev–Trinajstić information content (AvgIpc) is 2.80. The van der Waals surface area contributed by atoms with Gasteiger partial charge in [-0.15, -0.1) is 0 Å². The lowest BCUT2D eigenvalue weighted by molar-refractivity contribution is -0.121. The summed E-state index contributed by atoms with van der Waals surface area (Å²) in [5, 5.41) is 3.06. The Balaban J connectivity index is 1.32. The van der Waals surface area contributed by atoms with Gasteiger partial charge < -0.3 is 10.2 Å². The molecule has 0 aliphatic carbocycles. The van der Waals surface area contributed by atoms with E-state index in [1.165, 1.54) is 37.9 Å². The van der Waals surface area contributed by atoms with E-state index >= 15 is 0 Å². The molecule has 2 amide bonds. The monoisotopic (exact) mass is 419 g/mol. The van der Waals surface area contributed by atoms with Crippen molar-refractivity contribution in [2.45, 2.75) is 45.6 Å². The number of rotatable bonds is 5. The SMILES string of the molecule is Cc1cccc(C(=O)N2CCC[C@H](C(=O)Nc3ccc(CN4CCCCC4)cc3)C2)c1. The first-order valence-electron chi connectivity index (χ1n) is 11.6. The molecule has 2 aliphatic heterocycles. The lowest BCUT2D eigenvalue weighted by Crippen LogP contribution is -2.43. The molecule has 1 atom stereocenters. The molecule has 31 heavy (non-hydrogen) atoms. The Morgan fingerprint density at radius 2 is 1.74 bits per heavy atom. The van der Waals surface area contributed by atoms with Crippen molar-refractivity contribution in [2.24, 2.45) is 5.92 Å².